The molecule has 0 bridgehead atoms. The second-order valence-corrected chi connectivity index (χ2v) is 4.60. The van der Waals surface area contributed by atoms with Gasteiger partial charge in [-0.15, -0.1) is 0 Å². The Morgan fingerprint density at radius 3 is 2.65 bits per heavy atom. The second-order valence-electron chi connectivity index (χ2n) is 4.60. The quantitative estimate of drug-likeness (QED) is 0.740. The average Bonchev–Trinajstić information content (AvgIpc) is 3.05. The van der Waals surface area contributed by atoms with E-state index in [-0.39, 0.29) is 11.7 Å². The molecule has 17 heavy (non-hydrogen) atoms. The predicted octanol–water partition coefficient (Wildman–Crippen LogP) is 1.78. The Morgan fingerprint density at radius 1 is 1.41 bits per heavy atom. The SMILES string of the molecule is COc1ccc2c(c1)C(=O)C1(CC1)N2C(C)=O. The number of ether oxygens (including phenoxy) is 1. The Balaban J connectivity index is 2.18. The number of ketones is 1. The number of fused-ring (bicyclic) bond motifs is 1. The van der Waals surface area contributed by atoms with Crippen molar-refractivity contribution in [2.45, 2.75) is 25.3 Å². The van der Waals surface area contributed by atoms with Gasteiger partial charge in [-0.2, -0.15) is 0 Å². The van der Waals surface area contributed by atoms with Gasteiger partial charge in [0, 0.05) is 12.5 Å². The number of carbonyl (C=O) groups excluding carboxylic acids is 2. The molecule has 0 aromatic heterocycles. The molecule has 0 radical (unpaired) electrons. The number of hydrogen-bond donors (Lipinski definition) is 0. The molecular weight excluding hydrogens is 218 g/mol. The Hall–Kier alpha value is -1.84. The van der Waals surface area contributed by atoms with Crippen LogP contribution in [0.3, 0.4) is 0 Å². The number of Topliss-reactive ketones (excluding diaryl/α,β-unsaturated/α-hetero) is 1. The molecule has 4 heteroatoms. The first kappa shape index (κ1) is 10.3. The fraction of sp³-hybridized carbons (Fsp3) is 0.385. The third-order valence-electron chi connectivity index (χ3n) is 3.58. The molecule has 0 saturated heterocycles. The Bertz CT molecular complexity index is 531. The van der Waals surface area contributed by atoms with Crippen LogP contribution in [0.1, 0.15) is 30.1 Å². The van der Waals surface area contributed by atoms with Gasteiger partial charge in [0.2, 0.25) is 5.91 Å². The van der Waals surface area contributed by atoms with E-state index >= 15 is 0 Å². The Morgan fingerprint density at radius 2 is 2.12 bits per heavy atom. The topological polar surface area (TPSA) is 46.6 Å². The minimum atomic E-state index is -0.569. The first-order chi connectivity index (χ1) is 8.10. The van der Waals surface area contributed by atoms with Gasteiger partial charge in [0.1, 0.15) is 11.3 Å². The van der Waals surface area contributed by atoms with Crippen LogP contribution in [-0.4, -0.2) is 24.3 Å². The summed E-state index contributed by atoms with van der Waals surface area (Å²) >= 11 is 0. The van der Waals surface area contributed by atoms with Crippen LogP contribution in [0.2, 0.25) is 0 Å². The lowest BCUT2D eigenvalue weighted by atomic mass is 10.1. The molecule has 1 aromatic rings. The molecule has 3 rings (SSSR count). The summed E-state index contributed by atoms with van der Waals surface area (Å²) in [6, 6.07) is 5.30. The molecule has 1 aliphatic heterocycles. The van der Waals surface area contributed by atoms with Crippen molar-refractivity contribution < 1.29 is 14.3 Å². The van der Waals surface area contributed by atoms with E-state index < -0.39 is 5.54 Å². The average molecular weight is 231 g/mol. The highest BCUT2D eigenvalue weighted by molar-refractivity contribution is 6.22. The van der Waals surface area contributed by atoms with E-state index in [9.17, 15) is 9.59 Å². The summed E-state index contributed by atoms with van der Waals surface area (Å²) in [5, 5.41) is 0. The van der Waals surface area contributed by atoms with Gasteiger partial charge in [-0.1, -0.05) is 0 Å². The molecular formula is C13H13NO3. The van der Waals surface area contributed by atoms with E-state index in [4.69, 9.17) is 4.74 Å². The third-order valence-corrected chi connectivity index (χ3v) is 3.58. The molecule has 1 amide bonds. The summed E-state index contributed by atoms with van der Waals surface area (Å²) in [5.74, 6) is 0.639. The zero-order valence-electron chi connectivity index (χ0n) is 9.82. The molecule has 2 aliphatic rings. The monoisotopic (exact) mass is 231 g/mol. The highest BCUT2D eigenvalue weighted by atomic mass is 16.5. The van der Waals surface area contributed by atoms with Crippen molar-refractivity contribution in [3.05, 3.63) is 23.8 Å². The largest absolute Gasteiger partial charge is 0.497 e. The van der Waals surface area contributed by atoms with Crippen LogP contribution in [0.5, 0.6) is 5.75 Å². The van der Waals surface area contributed by atoms with Crippen molar-refractivity contribution in [2.24, 2.45) is 0 Å². The molecule has 0 unspecified atom stereocenters. The van der Waals surface area contributed by atoms with Crippen molar-refractivity contribution in [2.75, 3.05) is 12.0 Å². The van der Waals surface area contributed by atoms with Crippen LogP contribution >= 0.6 is 0 Å². The lowest BCUT2D eigenvalue weighted by Crippen LogP contribution is -2.40. The van der Waals surface area contributed by atoms with Crippen LogP contribution in [0.4, 0.5) is 5.69 Å². The molecule has 0 N–H and O–H groups in total. The van der Waals surface area contributed by atoms with Gasteiger partial charge >= 0.3 is 0 Å². The van der Waals surface area contributed by atoms with Crippen LogP contribution < -0.4 is 9.64 Å². The van der Waals surface area contributed by atoms with E-state index in [2.05, 4.69) is 0 Å². The summed E-state index contributed by atoms with van der Waals surface area (Å²) in [6.45, 7) is 1.51. The van der Waals surface area contributed by atoms with Gasteiger partial charge in [-0.3, -0.25) is 14.5 Å². The number of methoxy groups -OCH3 is 1. The fourth-order valence-electron chi connectivity index (χ4n) is 2.64. The first-order valence-electron chi connectivity index (χ1n) is 5.64. The number of benzene rings is 1. The van der Waals surface area contributed by atoms with E-state index in [1.807, 2.05) is 0 Å². The standard InChI is InChI=1S/C13H13NO3/c1-8(15)14-11-4-3-9(17-2)7-10(11)12(16)13(14)5-6-13/h3-4,7H,5-6H2,1-2H3. The minimum absolute atomic E-state index is 0.0570. The molecule has 1 fully saturated rings. The van der Waals surface area contributed by atoms with E-state index in [1.165, 1.54) is 6.92 Å². The summed E-state index contributed by atoms with van der Waals surface area (Å²) in [7, 11) is 1.57. The molecule has 1 spiro atoms. The van der Waals surface area contributed by atoms with Crippen LogP contribution in [0.25, 0.3) is 0 Å². The van der Waals surface area contributed by atoms with Gasteiger partial charge in [-0.25, -0.2) is 0 Å². The molecule has 88 valence electrons. The normalized spacial score (nSPS) is 19.4. The van der Waals surface area contributed by atoms with Crippen molar-refractivity contribution >= 4 is 17.4 Å². The predicted molar refractivity (Wildman–Crippen MR) is 62.4 cm³/mol. The summed E-state index contributed by atoms with van der Waals surface area (Å²) in [6.07, 6.45) is 1.53. The highest BCUT2D eigenvalue weighted by Gasteiger charge is 2.61. The molecule has 1 aliphatic carbocycles. The van der Waals surface area contributed by atoms with Crippen LogP contribution in [0.15, 0.2) is 18.2 Å². The zero-order valence-corrected chi connectivity index (χ0v) is 9.82. The minimum Gasteiger partial charge on any atom is -0.497 e. The molecule has 0 atom stereocenters. The summed E-state index contributed by atoms with van der Waals surface area (Å²) < 4.78 is 5.12. The molecule has 1 aromatic carbocycles. The van der Waals surface area contributed by atoms with Crippen molar-refractivity contribution in [3.63, 3.8) is 0 Å². The smallest absolute Gasteiger partial charge is 0.224 e. The second kappa shape index (κ2) is 3.09. The van der Waals surface area contributed by atoms with E-state index in [0.717, 1.165) is 18.5 Å². The van der Waals surface area contributed by atoms with Crippen LogP contribution in [-0.2, 0) is 4.79 Å². The van der Waals surface area contributed by atoms with E-state index in [1.54, 1.807) is 30.2 Å². The number of nitrogens with zero attached hydrogens (tertiary/aromatic N) is 1. The van der Waals surface area contributed by atoms with Crippen molar-refractivity contribution in [3.8, 4) is 5.75 Å². The number of rotatable bonds is 1. The maximum absolute atomic E-state index is 12.3. The van der Waals surface area contributed by atoms with Gasteiger partial charge in [0.05, 0.1) is 12.8 Å². The molecule has 1 saturated carbocycles. The summed E-state index contributed by atoms with van der Waals surface area (Å²) in [5.41, 5.74) is 0.762. The highest BCUT2D eigenvalue weighted by Crippen LogP contribution is 2.53. The lowest BCUT2D eigenvalue weighted by Gasteiger charge is -2.22. The van der Waals surface area contributed by atoms with Gasteiger partial charge < -0.3 is 4.74 Å². The fourth-order valence-corrected chi connectivity index (χ4v) is 2.64. The number of carbonyl (C=O) groups is 2. The zero-order chi connectivity index (χ0) is 12.2. The maximum atomic E-state index is 12.3. The lowest BCUT2D eigenvalue weighted by molar-refractivity contribution is -0.116. The van der Waals surface area contributed by atoms with Crippen molar-refractivity contribution in [1.82, 2.24) is 0 Å². The van der Waals surface area contributed by atoms with Crippen molar-refractivity contribution in [1.29, 1.82) is 0 Å². The molecule has 1 heterocycles. The van der Waals surface area contributed by atoms with Gasteiger partial charge in [-0.05, 0) is 31.0 Å². The van der Waals surface area contributed by atoms with Gasteiger partial charge in [0.25, 0.3) is 0 Å². The van der Waals surface area contributed by atoms with Gasteiger partial charge in [0.15, 0.2) is 5.78 Å². The molecule has 4 nitrogen and oxygen atoms in total. The number of amides is 1. The summed E-state index contributed by atoms with van der Waals surface area (Å²) in [4.78, 5) is 25.7. The Labute approximate surface area is 99.2 Å². The third kappa shape index (κ3) is 1.18. The number of anilines is 1. The van der Waals surface area contributed by atoms with E-state index in [0.29, 0.717) is 11.3 Å². The Kier molecular flexibility index (Phi) is 1.88. The maximum Gasteiger partial charge on any atom is 0.224 e. The first-order valence-corrected chi connectivity index (χ1v) is 5.64. The number of hydrogen-bond acceptors (Lipinski definition) is 3. The van der Waals surface area contributed by atoms with Crippen LogP contribution in [0, 0.1) is 0 Å².